The minimum atomic E-state index is 0.587. The summed E-state index contributed by atoms with van der Waals surface area (Å²) in [6.07, 6.45) is 6.94. The van der Waals surface area contributed by atoms with E-state index in [4.69, 9.17) is 19.9 Å². The topological polar surface area (TPSA) is 82.3 Å². The number of rotatable bonds is 5. The van der Waals surface area contributed by atoms with Crippen LogP contribution in [0.15, 0.2) is 128 Å². The van der Waals surface area contributed by atoms with Gasteiger partial charge in [-0.3, -0.25) is 14.5 Å². The SMILES string of the molecule is c1ccc(-n2c(-c3ccc(-c4nc(-c5ccncc5)nc(-c5ccncc5)n4)cc3)nc3ccccc32)cc1. The van der Waals surface area contributed by atoms with Gasteiger partial charge in [0, 0.05) is 52.7 Å². The summed E-state index contributed by atoms with van der Waals surface area (Å²) in [7, 11) is 0. The molecule has 0 aliphatic rings. The fourth-order valence-corrected chi connectivity index (χ4v) is 4.59. The van der Waals surface area contributed by atoms with E-state index in [2.05, 4.69) is 44.9 Å². The summed E-state index contributed by atoms with van der Waals surface area (Å²) in [5.74, 6) is 2.64. The van der Waals surface area contributed by atoms with Crippen molar-refractivity contribution >= 4 is 11.0 Å². The number of aromatic nitrogens is 7. The molecule has 0 aliphatic heterocycles. The average Bonchev–Trinajstić information content (AvgIpc) is 3.42. The van der Waals surface area contributed by atoms with Crippen LogP contribution in [0.4, 0.5) is 0 Å². The molecule has 0 radical (unpaired) electrons. The quantitative estimate of drug-likeness (QED) is 0.261. The molecule has 39 heavy (non-hydrogen) atoms. The highest BCUT2D eigenvalue weighted by molar-refractivity contribution is 5.83. The zero-order valence-corrected chi connectivity index (χ0v) is 20.8. The number of fused-ring (bicyclic) bond motifs is 1. The minimum absolute atomic E-state index is 0.587. The Balaban J connectivity index is 1.34. The number of hydrogen-bond donors (Lipinski definition) is 0. The molecule has 0 saturated carbocycles. The van der Waals surface area contributed by atoms with Gasteiger partial charge < -0.3 is 0 Å². The molecule has 0 amide bonds. The van der Waals surface area contributed by atoms with Crippen molar-refractivity contribution in [2.45, 2.75) is 0 Å². The third-order valence-electron chi connectivity index (χ3n) is 6.49. The summed E-state index contributed by atoms with van der Waals surface area (Å²) in [6, 6.07) is 34.3. The van der Waals surface area contributed by atoms with E-state index in [-0.39, 0.29) is 0 Å². The summed E-state index contributed by atoms with van der Waals surface area (Å²) in [5.41, 5.74) is 6.69. The van der Waals surface area contributed by atoms with Gasteiger partial charge in [0.05, 0.1) is 11.0 Å². The first-order valence-corrected chi connectivity index (χ1v) is 12.5. The van der Waals surface area contributed by atoms with Gasteiger partial charge in [0.15, 0.2) is 17.5 Å². The summed E-state index contributed by atoms with van der Waals surface area (Å²) in [5, 5.41) is 0. The van der Waals surface area contributed by atoms with Gasteiger partial charge in [-0.25, -0.2) is 19.9 Å². The molecule has 4 heterocycles. The predicted molar refractivity (Wildman–Crippen MR) is 152 cm³/mol. The van der Waals surface area contributed by atoms with E-state index in [9.17, 15) is 0 Å². The van der Waals surface area contributed by atoms with Gasteiger partial charge >= 0.3 is 0 Å². The maximum absolute atomic E-state index is 4.98. The molecule has 184 valence electrons. The van der Waals surface area contributed by atoms with Crippen LogP contribution in [0.2, 0.25) is 0 Å². The molecule has 0 aliphatic carbocycles. The Morgan fingerprint density at radius 3 is 1.49 bits per heavy atom. The van der Waals surface area contributed by atoms with E-state index in [0.717, 1.165) is 44.8 Å². The highest BCUT2D eigenvalue weighted by Gasteiger charge is 2.16. The van der Waals surface area contributed by atoms with Crippen molar-refractivity contribution in [3.63, 3.8) is 0 Å². The smallest absolute Gasteiger partial charge is 0.164 e. The lowest BCUT2D eigenvalue weighted by atomic mass is 10.1. The number of para-hydroxylation sites is 3. The molecule has 0 unspecified atom stereocenters. The Morgan fingerprint density at radius 2 is 0.897 bits per heavy atom. The number of benzene rings is 3. The van der Waals surface area contributed by atoms with E-state index in [0.29, 0.717) is 17.5 Å². The first-order valence-electron chi connectivity index (χ1n) is 12.5. The molecule has 0 bridgehead atoms. The lowest BCUT2D eigenvalue weighted by molar-refractivity contribution is 1.07. The van der Waals surface area contributed by atoms with Gasteiger partial charge in [0.1, 0.15) is 5.82 Å². The summed E-state index contributed by atoms with van der Waals surface area (Å²) in [4.78, 5) is 27.6. The molecule has 0 fully saturated rings. The van der Waals surface area contributed by atoms with Crippen molar-refractivity contribution in [1.29, 1.82) is 0 Å². The highest BCUT2D eigenvalue weighted by atomic mass is 15.1. The molecule has 0 N–H and O–H groups in total. The van der Waals surface area contributed by atoms with Crippen molar-refractivity contribution in [1.82, 2.24) is 34.5 Å². The van der Waals surface area contributed by atoms with Crippen molar-refractivity contribution < 1.29 is 0 Å². The van der Waals surface area contributed by atoms with E-state index < -0.39 is 0 Å². The standard InChI is InChI=1S/C32H21N7/c1-2-6-26(7-3-1)39-28-9-5-4-8-27(28)35-32(39)25-12-10-22(11-13-25)29-36-30(23-14-18-33-19-15-23)38-31(37-29)24-16-20-34-21-17-24/h1-21H. The molecule has 7 heteroatoms. The monoisotopic (exact) mass is 503 g/mol. The van der Waals surface area contributed by atoms with Crippen LogP contribution in [-0.4, -0.2) is 34.5 Å². The first-order chi connectivity index (χ1) is 19.3. The third-order valence-corrected chi connectivity index (χ3v) is 6.49. The van der Waals surface area contributed by atoms with Crippen LogP contribution in [0.25, 0.3) is 62.3 Å². The van der Waals surface area contributed by atoms with E-state index >= 15 is 0 Å². The fourth-order valence-electron chi connectivity index (χ4n) is 4.59. The van der Waals surface area contributed by atoms with Gasteiger partial charge in [-0.2, -0.15) is 0 Å². The van der Waals surface area contributed by atoms with Crippen LogP contribution in [0.3, 0.4) is 0 Å². The maximum atomic E-state index is 4.98. The Kier molecular flexibility index (Phi) is 5.64. The second-order valence-electron chi connectivity index (χ2n) is 8.95. The average molecular weight is 504 g/mol. The largest absolute Gasteiger partial charge is 0.292 e. The van der Waals surface area contributed by atoms with Crippen molar-refractivity contribution in [2.75, 3.05) is 0 Å². The van der Waals surface area contributed by atoms with Gasteiger partial charge in [0.25, 0.3) is 0 Å². The van der Waals surface area contributed by atoms with Gasteiger partial charge in [0.2, 0.25) is 0 Å². The molecular weight excluding hydrogens is 482 g/mol. The van der Waals surface area contributed by atoms with Crippen LogP contribution >= 0.6 is 0 Å². The third kappa shape index (κ3) is 4.32. The molecule has 4 aromatic heterocycles. The molecule has 0 spiro atoms. The summed E-state index contributed by atoms with van der Waals surface area (Å²) >= 11 is 0. The first kappa shape index (κ1) is 22.6. The molecule has 7 nitrogen and oxygen atoms in total. The number of hydrogen-bond acceptors (Lipinski definition) is 6. The fraction of sp³-hybridized carbons (Fsp3) is 0. The van der Waals surface area contributed by atoms with E-state index in [1.54, 1.807) is 24.8 Å². The maximum Gasteiger partial charge on any atom is 0.164 e. The van der Waals surface area contributed by atoms with Crippen molar-refractivity contribution in [3.05, 3.63) is 128 Å². The number of pyridine rings is 2. The lowest BCUT2D eigenvalue weighted by Crippen LogP contribution is -2.00. The normalized spacial score (nSPS) is 11.1. The molecule has 0 atom stereocenters. The Hall–Kier alpha value is -5.56. The molecule has 7 rings (SSSR count). The Bertz CT molecular complexity index is 1830. The Labute approximate surface area is 224 Å². The second-order valence-corrected chi connectivity index (χ2v) is 8.95. The minimum Gasteiger partial charge on any atom is -0.292 e. The van der Waals surface area contributed by atoms with Crippen LogP contribution in [0.1, 0.15) is 0 Å². The lowest BCUT2D eigenvalue weighted by Gasteiger charge is -2.11. The molecule has 3 aromatic carbocycles. The zero-order valence-electron chi connectivity index (χ0n) is 20.8. The Morgan fingerprint density at radius 1 is 0.410 bits per heavy atom. The van der Waals surface area contributed by atoms with Gasteiger partial charge in [-0.05, 0) is 48.5 Å². The summed E-state index contributed by atoms with van der Waals surface area (Å²) in [6.45, 7) is 0. The van der Waals surface area contributed by atoms with E-state index in [1.807, 2.05) is 72.8 Å². The van der Waals surface area contributed by atoms with Crippen LogP contribution in [-0.2, 0) is 0 Å². The van der Waals surface area contributed by atoms with Crippen molar-refractivity contribution in [3.8, 4) is 51.2 Å². The number of imidazole rings is 1. The molecular formula is C32H21N7. The van der Waals surface area contributed by atoms with Crippen LogP contribution in [0.5, 0.6) is 0 Å². The zero-order chi connectivity index (χ0) is 26.0. The van der Waals surface area contributed by atoms with E-state index in [1.165, 1.54) is 0 Å². The van der Waals surface area contributed by atoms with Gasteiger partial charge in [-0.15, -0.1) is 0 Å². The molecule has 7 aromatic rings. The van der Waals surface area contributed by atoms with Crippen LogP contribution < -0.4 is 0 Å². The van der Waals surface area contributed by atoms with Crippen LogP contribution in [0, 0.1) is 0 Å². The number of nitrogens with zero attached hydrogens (tertiary/aromatic N) is 7. The van der Waals surface area contributed by atoms with Crippen molar-refractivity contribution in [2.24, 2.45) is 0 Å². The molecule has 0 saturated heterocycles. The summed E-state index contributed by atoms with van der Waals surface area (Å²) < 4.78 is 2.19. The predicted octanol–water partition coefficient (Wildman–Crippen LogP) is 6.67. The van der Waals surface area contributed by atoms with Gasteiger partial charge in [-0.1, -0.05) is 54.6 Å². The second kappa shape index (κ2) is 9.72. The highest BCUT2D eigenvalue weighted by Crippen LogP contribution is 2.30.